The van der Waals surface area contributed by atoms with E-state index in [0.717, 1.165) is 38.2 Å². The number of aliphatic carboxylic acids is 1. The summed E-state index contributed by atoms with van der Waals surface area (Å²) in [4.78, 5) is 28.6. The highest BCUT2D eigenvalue weighted by molar-refractivity contribution is 5.80. The summed E-state index contributed by atoms with van der Waals surface area (Å²) < 4.78 is 1.92. The van der Waals surface area contributed by atoms with Crippen molar-refractivity contribution in [3.05, 3.63) is 11.9 Å². The maximum absolute atomic E-state index is 13.1. The van der Waals surface area contributed by atoms with Crippen LogP contribution in [0.4, 0.5) is 0 Å². The quantitative estimate of drug-likeness (QED) is 0.706. The fraction of sp³-hybridized carbons (Fsp3) is 0.789. The van der Waals surface area contributed by atoms with E-state index in [0.29, 0.717) is 44.4 Å². The number of nitrogens with zero attached hydrogens (tertiary/aromatic N) is 5. The smallest absolute Gasteiger partial charge is 0.306 e. The van der Waals surface area contributed by atoms with Crippen LogP contribution >= 0.6 is 0 Å². The van der Waals surface area contributed by atoms with Crippen LogP contribution in [-0.2, 0) is 22.7 Å². The highest BCUT2D eigenvalue weighted by atomic mass is 16.4. The highest BCUT2D eigenvalue weighted by Crippen LogP contribution is 2.38. The van der Waals surface area contributed by atoms with Gasteiger partial charge in [-0.2, -0.15) is 0 Å². The molecule has 1 unspecified atom stereocenters. The van der Waals surface area contributed by atoms with Crippen LogP contribution < -0.4 is 5.32 Å². The molecule has 0 spiro atoms. The lowest BCUT2D eigenvalue weighted by Crippen LogP contribution is -2.59. The molecule has 0 aromatic carbocycles. The third-order valence-corrected chi connectivity index (χ3v) is 6.69. The van der Waals surface area contributed by atoms with E-state index < -0.39 is 5.97 Å². The number of amides is 1. The lowest BCUT2D eigenvalue weighted by molar-refractivity contribution is -0.150. The van der Waals surface area contributed by atoms with Gasteiger partial charge in [0.25, 0.3) is 0 Å². The molecule has 9 heteroatoms. The number of nitrogens with one attached hydrogen (secondary N) is 1. The summed E-state index contributed by atoms with van der Waals surface area (Å²) in [5.74, 6) is -0.324. The lowest BCUT2D eigenvalue weighted by Gasteiger charge is -2.50. The van der Waals surface area contributed by atoms with E-state index in [2.05, 4.69) is 20.5 Å². The Morgan fingerprint density at radius 3 is 2.68 bits per heavy atom. The normalized spacial score (nSPS) is 30.5. The Morgan fingerprint density at radius 2 is 2.04 bits per heavy atom. The van der Waals surface area contributed by atoms with Crippen LogP contribution in [0.2, 0.25) is 0 Å². The SMILES string of the molecule is CNCc1cn(C[C@H]2C[C@H]3CCN2C[C@@H]3C(=O)N2CCC(C(=O)O)CC2)nn1. The number of carbonyl (C=O) groups excluding carboxylic acids is 1. The molecule has 1 aromatic heterocycles. The molecule has 5 rings (SSSR count). The van der Waals surface area contributed by atoms with Crippen molar-refractivity contribution in [1.29, 1.82) is 0 Å². The molecule has 2 bridgehead atoms. The Labute approximate surface area is 165 Å². The summed E-state index contributed by atoms with van der Waals surface area (Å²) in [6.45, 7) is 4.54. The van der Waals surface area contributed by atoms with Gasteiger partial charge in [-0.25, -0.2) is 0 Å². The minimum Gasteiger partial charge on any atom is -0.481 e. The Morgan fingerprint density at radius 1 is 1.25 bits per heavy atom. The second kappa shape index (κ2) is 8.16. The fourth-order valence-electron chi connectivity index (χ4n) is 5.10. The molecule has 0 saturated carbocycles. The zero-order valence-corrected chi connectivity index (χ0v) is 16.5. The number of aromatic nitrogens is 3. The van der Waals surface area contributed by atoms with Gasteiger partial charge in [-0.3, -0.25) is 19.2 Å². The van der Waals surface area contributed by atoms with E-state index in [4.69, 9.17) is 5.11 Å². The predicted octanol–water partition coefficient (Wildman–Crippen LogP) is 0.0311. The maximum atomic E-state index is 13.1. The van der Waals surface area contributed by atoms with Gasteiger partial charge in [-0.15, -0.1) is 5.10 Å². The summed E-state index contributed by atoms with van der Waals surface area (Å²) in [5, 5.41) is 20.7. The molecule has 28 heavy (non-hydrogen) atoms. The van der Waals surface area contributed by atoms with Crippen LogP contribution in [0.25, 0.3) is 0 Å². The summed E-state index contributed by atoms with van der Waals surface area (Å²) >= 11 is 0. The van der Waals surface area contributed by atoms with Crippen molar-refractivity contribution in [2.75, 3.05) is 33.2 Å². The second-order valence-electron chi connectivity index (χ2n) is 8.44. The first kappa shape index (κ1) is 19.3. The average molecular weight is 390 g/mol. The molecular weight excluding hydrogens is 360 g/mol. The first-order valence-corrected chi connectivity index (χ1v) is 10.3. The van der Waals surface area contributed by atoms with Gasteiger partial charge in [-0.1, -0.05) is 5.21 Å². The molecule has 1 aromatic rings. The average Bonchev–Trinajstić information content (AvgIpc) is 3.15. The molecule has 1 amide bonds. The standard InChI is InChI=1S/C19H30N6O3/c1-20-9-15-10-25(22-21-15)11-16-8-14-4-7-24(16)12-17(14)18(26)23-5-2-13(3-6-23)19(27)28/h10,13-14,16-17,20H,2-9,11-12H2,1H3,(H,27,28)/t14-,16-,17+/m1/s1. The van der Waals surface area contributed by atoms with E-state index in [1.807, 2.05) is 22.8 Å². The van der Waals surface area contributed by atoms with Crippen molar-refractivity contribution in [3.63, 3.8) is 0 Å². The summed E-state index contributed by atoms with van der Waals surface area (Å²) in [5.41, 5.74) is 0.941. The van der Waals surface area contributed by atoms with E-state index in [1.165, 1.54) is 0 Å². The summed E-state index contributed by atoms with van der Waals surface area (Å²) in [7, 11) is 1.89. The molecular formula is C19H30N6O3. The number of carboxylic acid groups (broad SMARTS) is 1. The lowest BCUT2D eigenvalue weighted by atomic mass is 9.74. The van der Waals surface area contributed by atoms with Gasteiger partial charge in [0, 0.05) is 38.4 Å². The Balaban J connectivity index is 1.33. The number of piperidine rings is 4. The van der Waals surface area contributed by atoms with Crippen LogP contribution in [0.15, 0.2) is 6.20 Å². The molecule has 5 heterocycles. The van der Waals surface area contributed by atoms with E-state index >= 15 is 0 Å². The van der Waals surface area contributed by atoms with Crippen molar-refractivity contribution in [3.8, 4) is 0 Å². The third kappa shape index (κ3) is 3.91. The Kier molecular flexibility index (Phi) is 5.63. The number of rotatable bonds is 6. The number of hydrogen-bond donors (Lipinski definition) is 2. The molecule has 4 aliphatic heterocycles. The van der Waals surface area contributed by atoms with Crippen LogP contribution in [0, 0.1) is 17.8 Å². The maximum Gasteiger partial charge on any atom is 0.306 e. The molecule has 0 aliphatic carbocycles. The Bertz CT molecular complexity index is 714. The van der Waals surface area contributed by atoms with E-state index in [-0.39, 0.29) is 17.7 Å². The van der Waals surface area contributed by atoms with Gasteiger partial charge in [0.2, 0.25) is 5.91 Å². The third-order valence-electron chi connectivity index (χ3n) is 6.69. The summed E-state index contributed by atoms with van der Waals surface area (Å²) in [6, 6.07) is 0.407. The number of hydrogen-bond acceptors (Lipinski definition) is 6. The Hall–Kier alpha value is -2.00. The number of fused-ring (bicyclic) bond motifs is 3. The van der Waals surface area contributed by atoms with Crippen molar-refractivity contribution in [2.45, 2.75) is 44.8 Å². The van der Waals surface area contributed by atoms with Crippen molar-refractivity contribution in [2.24, 2.45) is 17.8 Å². The van der Waals surface area contributed by atoms with Gasteiger partial charge in [0.1, 0.15) is 0 Å². The van der Waals surface area contributed by atoms with Gasteiger partial charge in [-0.05, 0) is 45.2 Å². The van der Waals surface area contributed by atoms with E-state index in [1.54, 1.807) is 0 Å². The highest BCUT2D eigenvalue weighted by Gasteiger charge is 2.45. The first-order valence-electron chi connectivity index (χ1n) is 10.3. The van der Waals surface area contributed by atoms with Crippen molar-refractivity contribution >= 4 is 11.9 Å². The minimum absolute atomic E-state index is 0.0574. The van der Waals surface area contributed by atoms with E-state index in [9.17, 15) is 9.59 Å². The minimum atomic E-state index is -0.733. The molecule has 2 N–H and O–H groups in total. The summed E-state index contributed by atoms with van der Waals surface area (Å²) in [6.07, 6.45) is 5.23. The molecule has 4 atom stereocenters. The van der Waals surface area contributed by atoms with Crippen LogP contribution in [0.1, 0.15) is 31.4 Å². The predicted molar refractivity (Wildman–Crippen MR) is 101 cm³/mol. The topological polar surface area (TPSA) is 104 Å². The van der Waals surface area contributed by atoms with Gasteiger partial charge in [0.05, 0.1) is 24.1 Å². The zero-order chi connectivity index (χ0) is 19.7. The van der Waals surface area contributed by atoms with Gasteiger partial charge in [0.15, 0.2) is 0 Å². The van der Waals surface area contributed by atoms with Crippen LogP contribution in [0.3, 0.4) is 0 Å². The van der Waals surface area contributed by atoms with Gasteiger partial charge < -0.3 is 15.3 Å². The second-order valence-corrected chi connectivity index (χ2v) is 8.44. The monoisotopic (exact) mass is 390 g/mol. The number of likely N-dealkylation sites (tertiary alicyclic amines) is 1. The van der Waals surface area contributed by atoms with Crippen LogP contribution in [-0.4, -0.2) is 81.0 Å². The largest absolute Gasteiger partial charge is 0.481 e. The van der Waals surface area contributed by atoms with Crippen molar-refractivity contribution < 1.29 is 14.7 Å². The first-order chi connectivity index (χ1) is 13.5. The zero-order valence-electron chi connectivity index (χ0n) is 16.5. The molecule has 154 valence electrons. The molecule has 9 nitrogen and oxygen atoms in total. The number of carbonyl (C=O) groups is 2. The van der Waals surface area contributed by atoms with Gasteiger partial charge >= 0.3 is 5.97 Å². The molecule has 4 fully saturated rings. The fourth-order valence-corrected chi connectivity index (χ4v) is 5.10. The molecule has 4 aliphatic rings. The molecule has 0 radical (unpaired) electrons. The van der Waals surface area contributed by atoms with Crippen molar-refractivity contribution in [1.82, 2.24) is 30.1 Å². The number of carboxylic acids is 1. The molecule has 4 saturated heterocycles. The van der Waals surface area contributed by atoms with Crippen LogP contribution in [0.5, 0.6) is 0 Å².